The molecule has 1 atom stereocenters. The van der Waals surface area contributed by atoms with E-state index in [1.807, 2.05) is 6.92 Å². The number of hydrogen-bond donors (Lipinski definition) is 1. The molecule has 2 fully saturated rings. The normalized spacial score (nSPS) is 25.2. The van der Waals surface area contributed by atoms with Crippen molar-refractivity contribution in [3.8, 4) is 0 Å². The molecule has 0 aromatic rings. The highest BCUT2D eigenvalue weighted by Gasteiger charge is 2.42. The molecule has 2 aliphatic rings. The first-order valence-electron chi connectivity index (χ1n) is 8.96. The number of nitrogens with one attached hydrogen (secondary N) is 1. The molecule has 2 aliphatic heterocycles. The summed E-state index contributed by atoms with van der Waals surface area (Å²) >= 11 is 0. The summed E-state index contributed by atoms with van der Waals surface area (Å²) in [4.78, 5) is 7.03. The fourth-order valence-corrected chi connectivity index (χ4v) is 4.43. The van der Waals surface area contributed by atoms with Crippen LogP contribution in [-0.2, 0) is 14.8 Å². The fourth-order valence-electron chi connectivity index (χ4n) is 3.50. The molecule has 1 unspecified atom stereocenters. The Hall–Kier alpha value is -0.860. The van der Waals surface area contributed by atoms with Crippen molar-refractivity contribution in [1.29, 1.82) is 0 Å². The summed E-state index contributed by atoms with van der Waals surface area (Å²) < 4.78 is 30.3. The van der Waals surface area contributed by atoms with Crippen molar-refractivity contribution < 1.29 is 13.2 Å². The van der Waals surface area contributed by atoms with Crippen LogP contribution < -0.4 is 5.32 Å². The van der Waals surface area contributed by atoms with E-state index in [1.54, 1.807) is 0 Å². The molecule has 0 aromatic carbocycles. The van der Waals surface area contributed by atoms with Crippen molar-refractivity contribution in [2.24, 2.45) is 10.4 Å². The van der Waals surface area contributed by atoms with Gasteiger partial charge in [0.25, 0.3) is 0 Å². The smallest absolute Gasteiger partial charge is 0.211 e. The Kier molecular flexibility index (Phi) is 6.88. The van der Waals surface area contributed by atoms with Gasteiger partial charge in [-0.05, 0) is 26.2 Å². The molecular weight excluding hydrogens is 328 g/mol. The average Bonchev–Trinajstić information content (AvgIpc) is 3.15. The lowest BCUT2D eigenvalue weighted by atomic mass is 9.87. The van der Waals surface area contributed by atoms with Crippen molar-refractivity contribution in [3.05, 3.63) is 0 Å². The minimum atomic E-state index is -3.11. The maximum atomic E-state index is 11.6. The lowest BCUT2D eigenvalue weighted by Gasteiger charge is -2.25. The lowest BCUT2D eigenvalue weighted by molar-refractivity contribution is 0.156. The van der Waals surface area contributed by atoms with Gasteiger partial charge in [-0.3, -0.25) is 4.99 Å². The number of likely N-dealkylation sites (tertiary alicyclic amines) is 1. The highest BCUT2D eigenvalue weighted by atomic mass is 32.2. The Morgan fingerprint density at radius 3 is 2.75 bits per heavy atom. The average molecular weight is 361 g/mol. The zero-order valence-electron chi connectivity index (χ0n) is 15.3. The summed E-state index contributed by atoms with van der Waals surface area (Å²) in [5.41, 5.74) is 0.311. The molecular formula is C16H32N4O3S. The number of sulfonamides is 1. The first-order valence-corrected chi connectivity index (χ1v) is 10.8. The van der Waals surface area contributed by atoms with Crippen molar-refractivity contribution in [1.82, 2.24) is 14.5 Å². The van der Waals surface area contributed by atoms with Crippen LogP contribution >= 0.6 is 0 Å². The molecule has 1 N–H and O–H groups in total. The first-order chi connectivity index (χ1) is 11.4. The molecule has 0 saturated carbocycles. The van der Waals surface area contributed by atoms with Gasteiger partial charge in [0.05, 0.1) is 12.9 Å². The summed E-state index contributed by atoms with van der Waals surface area (Å²) in [5, 5.41) is 3.37. The van der Waals surface area contributed by atoms with Gasteiger partial charge in [0.15, 0.2) is 5.96 Å². The zero-order valence-corrected chi connectivity index (χ0v) is 16.1. The summed E-state index contributed by atoms with van der Waals surface area (Å²) in [6, 6.07) is 0. The van der Waals surface area contributed by atoms with E-state index in [1.165, 1.54) is 10.6 Å². The summed E-state index contributed by atoms with van der Waals surface area (Å²) in [5.74, 6) is 0.948. The summed E-state index contributed by atoms with van der Waals surface area (Å²) in [6.07, 6.45) is 4.30. The Bertz CT molecular complexity index is 529. The van der Waals surface area contributed by atoms with Gasteiger partial charge < -0.3 is 15.0 Å². The van der Waals surface area contributed by atoms with E-state index >= 15 is 0 Å². The highest BCUT2D eigenvalue weighted by Crippen LogP contribution is 2.38. The van der Waals surface area contributed by atoms with Gasteiger partial charge in [-0.2, -0.15) is 0 Å². The Morgan fingerprint density at radius 1 is 1.38 bits per heavy atom. The minimum Gasteiger partial charge on any atom is -0.381 e. The van der Waals surface area contributed by atoms with Crippen LogP contribution in [0, 0.1) is 5.41 Å². The second-order valence-corrected chi connectivity index (χ2v) is 8.80. The summed E-state index contributed by atoms with van der Waals surface area (Å²) in [7, 11) is -3.11. The molecule has 2 saturated heterocycles. The Balaban J connectivity index is 1.87. The number of hydrogen-bond acceptors (Lipinski definition) is 4. The Morgan fingerprint density at radius 2 is 2.17 bits per heavy atom. The van der Waals surface area contributed by atoms with Gasteiger partial charge in [-0.1, -0.05) is 6.92 Å². The van der Waals surface area contributed by atoms with E-state index in [0.717, 1.165) is 58.1 Å². The van der Waals surface area contributed by atoms with Crippen LogP contribution in [0.5, 0.6) is 0 Å². The fraction of sp³-hybridized carbons (Fsp3) is 0.938. The minimum absolute atomic E-state index is 0.311. The molecule has 2 rings (SSSR count). The summed E-state index contributed by atoms with van der Waals surface area (Å²) in [6.45, 7) is 10.2. The zero-order chi connectivity index (χ0) is 17.6. The molecule has 1 spiro atoms. The maximum Gasteiger partial charge on any atom is 0.211 e. The molecule has 8 heteroatoms. The van der Waals surface area contributed by atoms with Crippen molar-refractivity contribution in [3.63, 3.8) is 0 Å². The van der Waals surface area contributed by atoms with Gasteiger partial charge in [0.1, 0.15) is 0 Å². The molecule has 0 bridgehead atoms. The monoisotopic (exact) mass is 360 g/mol. The molecule has 140 valence electrons. The lowest BCUT2D eigenvalue weighted by Crippen LogP contribution is -2.41. The van der Waals surface area contributed by atoms with Crippen LogP contribution in [-0.4, -0.2) is 82.3 Å². The second-order valence-electron chi connectivity index (χ2n) is 6.82. The van der Waals surface area contributed by atoms with E-state index in [4.69, 9.17) is 9.73 Å². The second kappa shape index (κ2) is 8.49. The quantitative estimate of drug-likeness (QED) is 0.412. The molecule has 0 aliphatic carbocycles. The van der Waals surface area contributed by atoms with Crippen molar-refractivity contribution in [2.75, 3.05) is 58.7 Å². The molecule has 0 aromatic heterocycles. The largest absolute Gasteiger partial charge is 0.381 e. The van der Waals surface area contributed by atoms with Crippen LogP contribution in [0.15, 0.2) is 4.99 Å². The van der Waals surface area contributed by atoms with Gasteiger partial charge in [0.2, 0.25) is 10.0 Å². The van der Waals surface area contributed by atoms with Crippen molar-refractivity contribution in [2.45, 2.75) is 33.1 Å². The number of guanidine groups is 1. The van der Waals surface area contributed by atoms with Crippen molar-refractivity contribution >= 4 is 16.0 Å². The topological polar surface area (TPSA) is 74.2 Å². The molecule has 24 heavy (non-hydrogen) atoms. The molecule has 0 radical (unpaired) electrons. The van der Waals surface area contributed by atoms with E-state index in [9.17, 15) is 8.42 Å². The van der Waals surface area contributed by atoms with Crippen LogP contribution in [0.2, 0.25) is 0 Å². The van der Waals surface area contributed by atoms with E-state index < -0.39 is 10.0 Å². The van der Waals surface area contributed by atoms with E-state index in [2.05, 4.69) is 17.1 Å². The number of nitrogens with zero attached hydrogens (tertiary/aromatic N) is 3. The maximum absolute atomic E-state index is 11.6. The Labute approximate surface area is 146 Å². The van der Waals surface area contributed by atoms with Gasteiger partial charge >= 0.3 is 0 Å². The van der Waals surface area contributed by atoms with E-state index in [-0.39, 0.29) is 0 Å². The van der Waals surface area contributed by atoms with Gasteiger partial charge in [-0.15, -0.1) is 0 Å². The van der Waals surface area contributed by atoms with Crippen LogP contribution in [0.1, 0.15) is 33.1 Å². The number of ether oxygens (including phenoxy) is 1. The highest BCUT2D eigenvalue weighted by molar-refractivity contribution is 7.88. The van der Waals surface area contributed by atoms with Crippen LogP contribution in [0.25, 0.3) is 0 Å². The predicted molar refractivity (Wildman–Crippen MR) is 96.7 cm³/mol. The third-order valence-corrected chi connectivity index (χ3v) is 6.29. The predicted octanol–water partition coefficient (Wildman–Crippen LogP) is 0.736. The third-order valence-electron chi connectivity index (χ3n) is 4.91. The van der Waals surface area contributed by atoms with Crippen LogP contribution in [0.3, 0.4) is 0 Å². The molecule has 0 amide bonds. The number of rotatable bonds is 7. The standard InChI is InChI=1S/C16H32N4O3S/c1-4-17-15(18-9-6-10-20(5-2)24(3,21)22)19-11-7-16(13-19)8-12-23-14-16/h4-14H2,1-3H3,(H,17,18). The third kappa shape index (κ3) is 5.07. The van der Waals surface area contributed by atoms with Gasteiger partial charge in [0, 0.05) is 51.3 Å². The molecule has 2 heterocycles. The van der Waals surface area contributed by atoms with Gasteiger partial charge in [-0.25, -0.2) is 12.7 Å². The number of aliphatic imine (C=N–C) groups is 1. The first kappa shape index (κ1) is 19.5. The van der Waals surface area contributed by atoms with Crippen LogP contribution in [0.4, 0.5) is 0 Å². The molecule has 7 nitrogen and oxygen atoms in total. The SMILES string of the molecule is CCNC(=NCCCN(CC)S(C)(=O)=O)N1CCC2(CCOC2)C1. The van der Waals surface area contributed by atoms with E-state index in [0.29, 0.717) is 25.0 Å².